The molecule has 0 radical (unpaired) electrons. The third kappa shape index (κ3) is 3.23. The Kier molecular flexibility index (Phi) is 4.83. The van der Waals surface area contributed by atoms with Crippen molar-refractivity contribution in [1.29, 1.82) is 0 Å². The van der Waals surface area contributed by atoms with Crippen LogP contribution in [0.25, 0.3) is 132 Å². The van der Waals surface area contributed by atoms with Crippen LogP contribution in [0.2, 0.25) is 0 Å². The standard InChI is InChI=1S/C48H26N2O2/c1-5-13-33-29(9-1)41-35(49-33)21-17-25-26-18-22-36-42(30-10-2-6-14-34(30)50-36)46(26)48-28(20-24-40-44(48)32-12-4-8-16-38(32)52-40)27-19-23-39-43(47(27)45(25)41)31-11-3-7-15-37(31)51-39/h1-24,49-50H. The fraction of sp³-hybridized carbons (Fsp3) is 0. The molecule has 13 rings (SSSR count). The number of rotatable bonds is 0. The summed E-state index contributed by atoms with van der Waals surface area (Å²) in [6.45, 7) is 0. The first-order valence-electron chi connectivity index (χ1n) is 17.8. The molecule has 4 nitrogen and oxygen atoms in total. The van der Waals surface area contributed by atoms with Crippen LogP contribution in [-0.2, 0) is 0 Å². The molecule has 0 unspecified atom stereocenters. The molecule has 2 N–H and O–H groups in total. The van der Waals surface area contributed by atoms with Crippen molar-refractivity contribution in [3.8, 4) is 44.5 Å². The lowest BCUT2D eigenvalue weighted by Gasteiger charge is -2.26. The Morgan fingerprint density at radius 2 is 0.635 bits per heavy atom. The monoisotopic (exact) mass is 662 g/mol. The van der Waals surface area contributed by atoms with Crippen molar-refractivity contribution >= 4 is 87.5 Å². The van der Waals surface area contributed by atoms with Crippen molar-refractivity contribution in [3.05, 3.63) is 146 Å². The van der Waals surface area contributed by atoms with Crippen LogP contribution in [0, 0.1) is 0 Å². The second-order valence-electron chi connectivity index (χ2n) is 14.1. The number of fused-ring (bicyclic) bond motifs is 24. The molecular formula is C48H26N2O2. The van der Waals surface area contributed by atoms with Gasteiger partial charge in [-0.25, -0.2) is 0 Å². The molecule has 0 aliphatic heterocycles. The second kappa shape index (κ2) is 9.39. The highest BCUT2D eigenvalue weighted by Crippen LogP contribution is 2.57. The zero-order valence-electron chi connectivity index (χ0n) is 27.7. The smallest absolute Gasteiger partial charge is 0.136 e. The van der Waals surface area contributed by atoms with Gasteiger partial charge in [-0.05, 0) is 82.9 Å². The lowest BCUT2D eigenvalue weighted by atomic mass is 9.76. The summed E-state index contributed by atoms with van der Waals surface area (Å²) in [6.07, 6.45) is 0. The van der Waals surface area contributed by atoms with Crippen LogP contribution in [0.5, 0.6) is 0 Å². The van der Waals surface area contributed by atoms with Gasteiger partial charge >= 0.3 is 0 Å². The average Bonchev–Trinajstić information content (AvgIpc) is 3.96. The molecule has 0 amide bonds. The summed E-state index contributed by atoms with van der Waals surface area (Å²) in [5.41, 5.74) is 17.5. The molecule has 0 atom stereocenters. The summed E-state index contributed by atoms with van der Waals surface area (Å²) < 4.78 is 13.3. The molecular weight excluding hydrogens is 637 g/mol. The first kappa shape index (κ1) is 26.8. The molecule has 0 bridgehead atoms. The van der Waals surface area contributed by atoms with E-state index in [0.717, 1.165) is 65.9 Å². The maximum atomic E-state index is 6.63. The average molecular weight is 663 g/mol. The van der Waals surface area contributed by atoms with Crippen LogP contribution >= 0.6 is 0 Å². The van der Waals surface area contributed by atoms with Crippen molar-refractivity contribution in [1.82, 2.24) is 9.97 Å². The number of hydrogen-bond acceptors (Lipinski definition) is 2. The first-order chi connectivity index (χ1) is 25.8. The van der Waals surface area contributed by atoms with E-state index in [1.165, 1.54) is 66.1 Å². The lowest BCUT2D eigenvalue weighted by molar-refractivity contribution is 0.668. The van der Waals surface area contributed by atoms with Crippen molar-refractivity contribution in [3.63, 3.8) is 0 Å². The van der Waals surface area contributed by atoms with Gasteiger partial charge in [-0.2, -0.15) is 0 Å². The van der Waals surface area contributed by atoms with Gasteiger partial charge in [-0.15, -0.1) is 0 Å². The highest BCUT2D eigenvalue weighted by Gasteiger charge is 2.31. The van der Waals surface area contributed by atoms with Crippen molar-refractivity contribution in [2.75, 3.05) is 0 Å². The minimum Gasteiger partial charge on any atom is -0.456 e. The van der Waals surface area contributed by atoms with E-state index in [-0.39, 0.29) is 0 Å². The Morgan fingerprint density at radius 1 is 0.269 bits per heavy atom. The zero-order chi connectivity index (χ0) is 33.7. The van der Waals surface area contributed by atoms with Crippen LogP contribution in [0.15, 0.2) is 154 Å². The van der Waals surface area contributed by atoms with Gasteiger partial charge in [0.15, 0.2) is 0 Å². The van der Waals surface area contributed by atoms with Crippen LogP contribution in [0.3, 0.4) is 0 Å². The van der Waals surface area contributed by atoms with Gasteiger partial charge in [0.2, 0.25) is 0 Å². The SMILES string of the molecule is c1ccc2c(c1)[nH]c1ccc3c(c12)-c1c(ccc2oc4ccccc4c12)-c1ccc2oc4ccccc4c2c1-c1c-3ccc2[nH]c3ccccc3c12. The number of aromatic nitrogens is 2. The molecule has 12 aromatic rings. The quantitative estimate of drug-likeness (QED) is 0.170. The Hall–Kier alpha value is -7.04. The number of para-hydroxylation sites is 4. The fourth-order valence-electron chi connectivity index (χ4n) is 9.45. The van der Waals surface area contributed by atoms with Crippen LogP contribution in [0.1, 0.15) is 0 Å². The molecule has 0 spiro atoms. The van der Waals surface area contributed by atoms with Crippen LogP contribution < -0.4 is 0 Å². The van der Waals surface area contributed by atoms with E-state index in [0.29, 0.717) is 0 Å². The van der Waals surface area contributed by atoms with E-state index in [2.05, 4.69) is 156 Å². The molecule has 4 heterocycles. The fourth-order valence-corrected chi connectivity index (χ4v) is 9.45. The summed E-state index contributed by atoms with van der Waals surface area (Å²) in [5, 5.41) is 9.33. The molecule has 240 valence electrons. The molecule has 8 aromatic carbocycles. The number of benzene rings is 8. The third-order valence-corrected chi connectivity index (χ3v) is 11.5. The lowest BCUT2D eigenvalue weighted by Crippen LogP contribution is -1.99. The zero-order valence-corrected chi connectivity index (χ0v) is 27.7. The predicted octanol–water partition coefficient (Wildman–Crippen LogP) is 13.7. The second-order valence-corrected chi connectivity index (χ2v) is 14.1. The van der Waals surface area contributed by atoms with E-state index in [1.807, 2.05) is 0 Å². The highest BCUT2D eigenvalue weighted by atomic mass is 16.3. The molecule has 0 saturated heterocycles. The van der Waals surface area contributed by atoms with E-state index in [1.54, 1.807) is 0 Å². The number of furan rings is 2. The van der Waals surface area contributed by atoms with Gasteiger partial charge in [0, 0.05) is 87.4 Å². The Morgan fingerprint density at radius 3 is 1.10 bits per heavy atom. The van der Waals surface area contributed by atoms with Gasteiger partial charge in [0.05, 0.1) is 0 Å². The van der Waals surface area contributed by atoms with Gasteiger partial charge in [-0.1, -0.05) is 84.9 Å². The Balaban J connectivity index is 1.37. The largest absolute Gasteiger partial charge is 0.456 e. The van der Waals surface area contributed by atoms with Gasteiger partial charge in [-0.3, -0.25) is 0 Å². The number of H-pyrrole nitrogens is 2. The van der Waals surface area contributed by atoms with E-state index < -0.39 is 0 Å². The summed E-state index contributed by atoms with van der Waals surface area (Å²) in [6, 6.07) is 52.4. The summed E-state index contributed by atoms with van der Waals surface area (Å²) in [5.74, 6) is 0. The Bertz CT molecular complexity index is 3060. The maximum Gasteiger partial charge on any atom is 0.136 e. The van der Waals surface area contributed by atoms with E-state index >= 15 is 0 Å². The van der Waals surface area contributed by atoms with Crippen molar-refractivity contribution in [2.24, 2.45) is 0 Å². The summed E-state index contributed by atoms with van der Waals surface area (Å²) >= 11 is 0. The highest BCUT2D eigenvalue weighted by molar-refractivity contribution is 6.31. The minimum atomic E-state index is 0.881. The van der Waals surface area contributed by atoms with E-state index in [4.69, 9.17) is 8.83 Å². The van der Waals surface area contributed by atoms with Crippen LogP contribution in [-0.4, -0.2) is 9.97 Å². The third-order valence-electron chi connectivity index (χ3n) is 11.5. The number of hydrogen-bond donors (Lipinski definition) is 2. The molecule has 52 heavy (non-hydrogen) atoms. The molecule has 4 aromatic heterocycles. The first-order valence-corrected chi connectivity index (χ1v) is 17.8. The van der Waals surface area contributed by atoms with Gasteiger partial charge < -0.3 is 18.8 Å². The minimum absolute atomic E-state index is 0.881. The van der Waals surface area contributed by atoms with E-state index in [9.17, 15) is 0 Å². The molecule has 0 saturated carbocycles. The summed E-state index contributed by atoms with van der Waals surface area (Å²) in [7, 11) is 0. The van der Waals surface area contributed by atoms with Gasteiger partial charge in [0.1, 0.15) is 22.3 Å². The molecule has 0 fully saturated rings. The van der Waals surface area contributed by atoms with Gasteiger partial charge in [0.25, 0.3) is 0 Å². The molecule has 1 aliphatic carbocycles. The molecule has 4 heteroatoms. The number of aromatic amines is 2. The van der Waals surface area contributed by atoms with Crippen molar-refractivity contribution < 1.29 is 8.83 Å². The summed E-state index contributed by atoms with van der Waals surface area (Å²) in [4.78, 5) is 7.53. The molecule has 1 aliphatic rings. The Labute approximate surface area is 295 Å². The maximum absolute atomic E-state index is 6.63. The number of nitrogens with one attached hydrogen (secondary N) is 2. The predicted molar refractivity (Wildman–Crippen MR) is 215 cm³/mol. The topological polar surface area (TPSA) is 57.9 Å². The normalized spacial score (nSPS) is 12.6. The van der Waals surface area contributed by atoms with Crippen molar-refractivity contribution in [2.45, 2.75) is 0 Å². The van der Waals surface area contributed by atoms with Crippen LogP contribution in [0.4, 0.5) is 0 Å².